The van der Waals surface area contributed by atoms with Gasteiger partial charge in [-0.05, 0) is 37.6 Å². The van der Waals surface area contributed by atoms with Crippen LogP contribution in [0.2, 0.25) is 0 Å². The standard InChI is InChI=1S/C15H18N2O4S/c1-4-5-10-20-11(2)15-16-14(17-21-15)12-6-8-13(9-7-12)22(3,18)19/h4,6-9,11H,1,5,10H2,2-3H3. The monoisotopic (exact) mass is 322 g/mol. The normalized spacial score (nSPS) is 13.0. The minimum atomic E-state index is -3.22. The van der Waals surface area contributed by atoms with E-state index in [1.165, 1.54) is 12.1 Å². The maximum absolute atomic E-state index is 11.4. The van der Waals surface area contributed by atoms with Crippen molar-refractivity contribution in [2.45, 2.75) is 24.3 Å². The van der Waals surface area contributed by atoms with Crippen LogP contribution in [0.4, 0.5) is 0 Å². The first kappa shape index (κ1) is 16.4. The van der Waals surface area contributed by atoms with E-state index in [2.05, 4.69) is 16.7 Å². The van der Waals surface area contributed by atoms with Gasteiger partial charge in [-0.1, -0.05) is 11.2 Å². The van der Waals surface area contributed by atoms with Crippen molar-refractivity contribution in [2.75, 3.05) is 12.9 Å². The molecule has 0 spiro atoms. The van der Waals surface area contributed by atoms with E-state index in [1.54, 1.807) is 18.2 Å². The lowest BCUT2D eigenvalue weighted by molar-refractivity contribution is 0.0459. The number of nitrogens with zero attached hydrogens (tertiary/aromatic N) is 2. The molecular formula is C15H18N2O4S. The molecule has 0 bridgehead atoms. The lowest BCUT2D eigenvalue weighted by atomic mass is 10.2. The van der Waals surface area contributed by atoms with E-state index >= 15 is 0 Å². The average Bonchev–Trinajstić information content (AvgIpc) is 2.96. The first-order valence-electron chi connectivity index (χ1n) is 6.78. The van der Waals surface area contributed by atoms with Gasteiger partial charge in [-0.3, -0.25) is 0 Å². The van der Waals surface area contributed by atoms with Crippen molar-refractivity contribution in [3.63, 3.8) is 0 Å². The van der Waals surface area contributed by atoms with Gasteiger partial charge in [0.25, 0.3) is 5.89 Å². The third-order valence-electron chi connectivity index (χ3n) is 3.02. The van der Waals surface area contributed by atoms with Gasteiger partial charge in [0, 0.05) is 11.8 Å². The minimum absolute atomic E-state index is 0.251. The highest BCUT2D eigenvalue weighted by atomic mass is 32.2. The average molecular weight is 322 g/mol. The molecule has 2 aromatic rings. The SMILES string of the molecule is C=CCCOC(C)c1nc(-c2ccc(S(C)(=O)=O)cc2)no1. The van der Waals surface area contributed by atoms with E-state index in [1.807, 2.05) is 6.92 Å². The summed E-state index contributed by atoms with van der Waals surface area (Å²) < 4.78 is 33.6. The Bertz CT molecular complexity index is 735. The molecule has 0 aliphatic heterocycles. The van der Waals surface area contributed by atoms with Crippen molar-refractivity contribution in [1.29, 1.82) is 0 Å². The van der Waals surface area contributed by atoms with Gasteiger partial charge in [0.15, 0.2) is 9.84 Å². The Labute approximate surface area is 129 Å². The van der Waals surface area contributed by atoms with Gasteiger partial charge < -0.3 is 9.26 Å². The highest BCUT2D eigenvalue weighted by Gasteiger charge is 2.16. The van der Waals surface area contributed by atoms with Crippen LogP contribution in [0.3, 0.4) is 0 Å². The maximum atomic E-state index is 11.4. The Balaban J connectivity index is 2.12. The fraction of sp³-hybridized carbons (Fsp3) is 0.333. The summed E-state index contributed by atoms with van der Waals surface area (Å²) in [6.45, 7) is 5.98. The quantitative estimate of drug-likeness (QED) is 0.576. The van der Waals surface area contributed by atoms with E-state index in [0.717, 1.165) is 12.7 Å². The summed E-state index contributed by atoms with van der Waals surface area (Å²) >= 11 is 0. The van der Waals surface area contributed by atoms with Crippen LogP contribution in [0.1, 0.15) is 25.3 Å². The topological polar surface area (TPSA) is 82.3 Å². The highest BCUT2D eigenvalue weighted by Crippen LogP contribution is 2.22. The van der Waals surface area contributed by atoms with Crippen LogP contribution in [-0.4, -0.2) is 31.4 Å². The number of hydrogen-bond acceptors (Lipinski definition) is 6. The van der Waals surface area contributed by atoms with E-state index in [4.69, 9.17) is 9.26 Å². The molecule has 7 heteroatoms. The molecule has 0 aliphatic rings. The molecule has 1 atom stereocenters. The van der Waals surface area contributed by atoms with Gasteiger partial charge in [0.1, 0.15) is 6.10 Å². The van der Waals surface area contributed by atoms with Gasteiger partial charge in [-0.15, -0.1) is 6.58 Å². The van der Waals surface area contributed by atoms with Crippen LogP contribution in [-0.2, 0) is 14.6 Å². The van der Waals surface area contributed by atoms with Crippen molar-refractivity contribution in [3.8, 4) is 11.4 Å². The summed E-state index contributed by atoms with van der Waals surface area (Å²) in [6, 6.07) is 6.33. The Morgan fingerprint density at radius 3 is 2.64 bits per heavy atom. The van der Waals surface area contributed by atoms with Gasteiger partial charge in [0.05, 0.1) is 11.5 Å². The molecule has 0 fully saturated rings. The Morgan fingerprint density at radius 2 is 2.05 bits per heavy atom. The zero-order valence-corrected chi connectivity index (χ0v) is 13.3. The lowest BCUT2D eigenvalue weighted by Gasteiger charge is -2.06. The number of sulfone groups is 1. The molecule has 1 aromatic heterocycles. The predicted octanol–water partition coefficient (Wildman–Crippen LogP) is 2.79. The summed E-state index contributed by atoms with van der Waals surface area (Å²) in [6.07, 6.45) is 3.38. The van der Waals surface area contributed by atoms with Gasteiger partial charge in [-0.25, -0.2) is 8.42 Å². The number of rotatable bonds is 7. The lowest BCUT2D eigenvalue weighted by Crippen LogP contribution is -2.01. The molecular weight excluding hydrogens is 304 g/mol. The fourth-order valence-corrected chi connectivity index (χ4v) is 2.40. The van der Waals surface area contributed by atoms with Gasteiger partial charge >= 0.3 is 0 Å². The fourth-order valence-electron chi connectivity index (χ4n) is 1.77. The molecule has 1 unspecified atom stereocenters. The molecule has 0 saturated carbocycles. The Hall–Kier alpha value is -1.99. The molecule has 0 amide bonds. The smallest absolute Gasteiger partial charge is 0.255 e. The van der Waals surface area contributed by atoms with Crippen LogP contribution >= 0.6 is 0 Å². The molecule has 118 valence electrons. The largest absolute Gasteiger partial charge is 0.368 e. The Kier molecular flexibility index (Phi) is 5.10. The summed E-state index contributed by atoms with van der Waals surface area (Å²) in [4.78, 5) is 4.52. The second-order valence-corrected chi connectivity index (χ2v) is 6.86. The van der Waals surface area contributed by atoms with Gasteiger partial charge in [-0.2, -0.15) is 4.98 Å². The molecule has 0 saturated heterocycles. The third-order valence-corrected chi connectivity index (χ3v) is 4.15. The molecule has 1 heterocycles. The van der Waals surface area contributed by atoms with Crippen molar-refractivity contribution >= 4 is 9.84 Å². The van der Waals surface area contributed by atoms with Crippen molar-refractivity contribution in [1.82, 2.24) is 10.1 Å². The molecule has 0 N–H and O–H groups in total. The first-order chi connectivity index (χ1) is 10.4. The Morgan fingerprint density at radius 1 is 1.36 bits per heavy atom. The maximum Gasteiger partial charge on any atom is 0.255 e. The van der Waals surface area contributed by atoms with Crippen molar-refractivity contribution in [3.05, 3.63) is 42.8 Å². The van der Waals surface area contributed by atoms with E-state index in [0.29, 0.717) is 23.9 Å². The number of aromatic nitrogens is 2. The van der Waals surface area contributed by atoms with E-state index < -0.39 is 9.84 Å². The van der Waals surface area contributed by atoms with Crippen molar-refractivity contribution < 1.29 is 17.7 Å². The van der Waals surface area contributed by atoms with E-state index in [9.17, 15) is 8.42 Å². The first-order valence-corrected chi connectivity index (χ1v) is 8.67. The minimum Gasteiger partial charge on any atom is -0.368 e. The zero-order valence-electron chi connectivity index (χ0n) is 12.5. The van der Waals surface area contributed by atoms with Gasteiger partial charge in [0.2, 0.25) is 5.82 Å². The molecule has 6 nitrogen and oxygen atoms in total. The number of ether oxygens (including phenoxy) is 1. The molecule has 2 rings (SSSR count). The summed E-state index contributed by atoms with van der Waals surface area (Å²) in [7, 11) is -3.22. The van der Waals surface area contributed by atoms with Crippen LogP contribution in [0.5, 0.6) is 0 Å². The van der Waals surface area contributed by atoms with Crippen molar-refractivity contribution in [2.24, 2.45) is 0 Å². The van der Waals surface area contributed by atoms with Crippen LogP contribution < -0.4 is 0 Å². The number of hydrogen-bond donors (Lipinski definition) is 0. The molecule has 0 aliphatic carbocycles. The second kappa shape index (κ2) is 6.85. The third kappa shape index (κ3) is 4.02. The highest BCUT2D eigenvalue weighted by molar-refractivity contribution is 7.90. The predicted molar refractivity (Wildman–Crippen MR) is 82.0 cm³/mol. The molecule has 1 aromatic carbocycles. The molecule has 0 radical (unpaired) electrons. The summed E-state index contributed by atoms with van der Waals surface area (Å²) in [5, 5.41) is 3.89. The second-order valence-electron chi connectivity index (χ2n) is 4.84. The van der Waals surface area contributed by atoms with Crippen LogP contribution in [0, 0.1) is 0 Å². The summed E-state index contributed by atoms with van der Waals surface area (Å²) in [5.74, 6) is 0.778. The zero-order chi connectivity index (χ0) is 16.2. The van der Waals surface area contributed by atoms with E-state index in [-0.39, 0.29) is 11.0 Å². The molecule has 22 heavy (non-hydrogen) atoms. The summed E-state index contributed by atoms with van der Waals surface area (Å²) in [5.41, 5.74) is 0.681. The number of benzene rings is 1. The van der Waals surface area contributed by atoms with Crippen LogP contribution in [0.15, 0.2) is 46.3 Å². The van der Waals surface area contributed by atoms with Crippen LogP contribution in [0.25, 0.3) is 11.4 Å².